The fourth-order valence-electron chi connectivity index (χ4n) is 4.17. The lowest BCUT2D eigenvalue weighted by molar-refractivity contribution is -0.140. The van der Waals surface area contributed by atoms with Gasteiger partial charge in [0.1, 0.15) is 17.3 Å². The van der Waals surface area contributed by atoms with Gasteiger partial charge in [0.25, 0.3) is 11.7 Å². The molecule has 1 fully saturated rings. The van der Waals surface area contributed by atoms with E-state index in [4.69, 9.17) is 9.47 Å². The molecule has 0 bridgehead atoms. The summed E-state index contributed by atoms with van der Waals surface area (Å²) >= 11 is 0. The number of benzene rings is 2. The van der Waals surface area contributed by atoms with Gasteiger partial charge in [0.15, 0.2) is 0 Å². The Hall–Kier alpha value is -3.32. The largest absolute Gasteiger partial charge is 0.507 e. The Morgan fingerprint density at radius 3 is 2.27 bits per heavy atom. The molecule has 1 atom stereocenters. The Morgan fingerprint density at radius 2 is 1.67 bits per heavy atom. The van der Waals surface area contributed by atoms with Crippen molar-refractivity contribution in [3.05, 3.63) is 65.2 Å². The van der Waals surface area contributed by atoms with Gasteiger partial charge in [0.05, 0.1) is 25.8 Å². The fourth-order valence-corrected chi connectivity index (χ4v) is 4.17. The summed E-state index contributed by atoms with van der Waals surface area (Å²) in [6.45, 7) is 7.27. The molecule has 1 N–H and O–H groups in total. The van der Waals surface area contributed by atoms with E-state index in [-0.39, 0.29) is 11.3 Å². The predicted molar refractivity (Wildman–Crippen MR) is 127 cm³/mol. The highest BCUT2D eigenvalue weighted by Gasteiger charge is 2.45. The number of aliphatic hydroxyl groups excluding tert-OH is 1. The van der Waals surface area contributed by atoms with Gasteiger partial charge in [-0.05, 0) is 55.9 Å². The van der Waals surface area contributed by atoms with Crippen molar-refractivity contribution in [2.75, 3.05) is 40.4 Å². The van der Waals surface area contributed by atoms with Gasteiger partial charge < -0.3 is 24.4 Å². The van der Waals surface area contributed by atoms with Crippen LogP contribution in [-0.4, -0.2) is 67.0 Å². The maximum absolute atomic E-state index is 13.1. The summed E-state index contributed by atoms with van der Waals surface area (Å²) in [5.74, 6) is -0.267. The molecule has 2 aromatic rings. The molecule has 7 heteroatoms. The lowest BCUT2D eigenvalue weighted by Crippen LogP contribution is -2.33. The van der Waals surface area contributed by atoms with Crippen molar-refractivity contribution in [3.8, 4) is 11.5 Å². The average Bonchev–Trinajstić information content (AvgIpc) is 3.11. The van der Waals surface area contributed by atoms with Crippen LogP contribution in [-0.2, 0) is 9.59 Å². The second-order valence-corrected chi connectivity index (χ2v) is 7.88. The van der Waals surface area contributed by atoms with Gasteiger partial charge in [-0.2, -0.15) is 0 Å². The Morgan fingerprint density at radius 1 is 1.00 bits per heavy atom. The molecule has 7 nitrogen and oxygen atoms in total. The van der Waals surface area contributed by atoms with Crippen LogP contribution in [0, 0.1) is 0 Å². The van der Waals surface area contributed by atoms with Crippen LogP contribution in [0.15, 0.2) is 54.1 Å². The van der Waals surface area contributed by atoms with E-state index < -0.39 is 17.7 Å². The van der Waals surface area contributed by atoms with Crippen molar-refractivity contribution in [2.24, 2.45) is 0 Å². The molecule has 1 saturated heterocycles. The highest BCUT2D eigenvalue weighted by Crippen LogP contribution is 2.40. The third-order valence-corrected chi connectivity index (χ3v) is 6.08. The molecule has 0 aliphatic carbocycles. The van der Waals surface area contributed by atoms with Crippen molar-refractivity contribution >= 4 is 17.4 Å². The molecule has 1 aliphatic rings. The minimum atomic E-state index is -0.682. The van der Waals surface area contributed by atoms with E-state index in [2.05, 4.69) is 18.7 Å². The monoisotopic (exact) mass is 452 g/mol. The molecule has 33 heavy (non-hydrogen) atoms. The number of ketones is 1. The van der Waals surface area contributed by atoms with Crippen LogP contribution < -0.4 is 9.47 Å². The summed E-state index contributed by atoms with van der Waals surface area (Å²) in [6.07, 6.45) is 0.723. The van der Waals surface area contributed by atoms with Crippen LogP contribution in [0.1, 0.15) is 37.4 Å². The number of amides is 1. The molecule has 2 aromatic carbocycles. The second kappa shape index (κ2) is 11.0. The number of carbonyl (C=O) groups excluding carboxylic acids is 2. The number of rotatable bonds is 10. The zero-order valence-electron chi connectivity index (χ0n) is 19.7. The van der Waals surface area contributed by atoms with Gasteiger partial charge in [-0.3, -0.25) is 9.59 Å². The van der Waals surface area contributed by atoms with Gasteiger partial charge in [-0.25, -0.2) is 0 Å². The number of hydrogen-bond donors (Lipinski definition) is 1. The molecule has 176 valence electrons. The summed E-state index contributed by atoms with van der Waals surface area (Å²) in [5.41, 5.74) is 1.25. The van der Waals surface area contributed by atoms with E-state index in [1.807, 2.05) is 12.1 Å². The predicted octanol–water partition coefficient (Wildman–Crippen LogP) is 3.86. The number of ether oxygens (including phenoxy) is 2. The third kappa shape index (κ3) is 5.20. The first-order valence-corrected chi connectivity index (χ1v) is 11.2. The normalized spacial score (nSPS) is 17.6. The molecule has 0 aromatic heterocycles. The zero-order chi connectivity index (χ0) is 24.0. The van der Waals surface area contributed by atoms with Gasteiger partial charge in [-0.15, -0.1) is 0 Å². The van der Waals surface area contributed by atoms with Crippen LogP contribution in [0.25, 0.3) is 5.76 Å². The Balaban J connectivity index is 2.04. The third-order valence-electron chi connectivity index (χ3n) is 6.08. The van der Waals surface area contributed by atoms with E-state index in [1.165, 1.54) is 7.11 Å². The molecule has 1 amide bonds. The SMILES string of the molecule is CCN(CC)CCCN1C(=O)C(=O)/C(=C(\O)c2cccc(OC)c2)C1c1ccc(OC)cc1. The van der Waals surface area contributed by atoms with E-state index in [0.29, 0.717) is 23.6 Å². The maximum Gasteiger partial charge on any atom is 0.295 e. The molecule has 0 radical (unpaired) electrons. The van der Waals surface area contributed by atoms with Crippen molar-refractivity contribution < 1.29 is 24.2 Å². The summed E-state index contributed by atoms with van der Waals surface area (Å²) < 4.78 is 10.5. The number of hydrogen-bond acceptors (Lipinski definition) is 6. The molecule has 3 rings (SSSR count). The first-order valence-electron chi connectivity index (χ1n) is 11.2. The highest BCUT2D eigenvalue weighted by molar-refractivity contribution is 6.46. The first kappa shape index (κ1) is 24.3. The van der Waals surface area contributed by atoms with E-state index in [1.54, 1.807) is 48.4 Å². The van der Waals surface area contributed by atoms with Crippen LogP contribution >= 0.6 is 0 Å². The quantitative estimate of drug-likeness (QED) is 0.335. The van der Waals surface area contributed by atoms with E-state index >= 15 is 0 Å². The van der Waals surface area contributed by atoms with Crippen molar-refractivity contribution in [2.45, 2.75) is 26.3 Å². The number of carbonyl (C=O) groups is 2. The molecule has 1 unspecified atom stereocenters. The van der Waals surface area contributed by atoms with Crippen LogP contribution in [0.4, 0.5) is 0 Å². The Kier molecular flexibility index (Phi) is 8.11. The van der Waals surface area contributed by atoms with Crippen molar-refractivity contribution in [1.82, 2.24) is 9.80 Å². The number of methoxy groups -OCH3 is 2. The summed E-state index contributed by atoms with van der Waals surface area (Å²) in [5, 5.41) is 11.2. The Bertz CT molecular complexity index is 1010. The van der Waals surface area contributed by atoms with Gasteiger partial charge in [-0.1, -0.05) is 38.1 Å². The smallest absolute Gasteiger partial charge is 0.295 e. The van der Waals surface area contributed by atoms with E-state index in [0.717, 1.165) is 31.6 Å². The van der Waals surface area contributed by atoms with Gasteiger partial charge in [0, 0.05) is 12.1 Å². The maximum atomic E-state index is 13.1. The molecule has 1 heterocycles. The topological polar surface area (TPSA) is 79.3 Å². The molecule has 0 spiro atoms. The number of Topliss-reactive ketones (excluding diaryl/α,β-unsaturated/α-hetero) is 1. The fraction of sp³-hybridized carbons (Fsp3) is 0.385. The Labute approximate surface area is 195 Å². The molecule has 1 aliphatic heterocycles. The van der Waals surface area contributed by atoms with Crippen LogP contribution in [0.2, 0.25) is 0 Å². The molecule has 0 saturated carbocycles. The van der Waals surface area contributed by atoms with Crippen LogP contribution in [0.3, 0.4) is 0 Å². The zero-order valence-corrected chi connectivity index (χ0v) is 19.7. The highest BCUT2D eigenvalue weighted by atomic mass is 16.5. The van der Waals surface area contributed by atoms with Crippen LogP contribution in [0.5, 0.6) is 11.5 Å². The first-order chi connectivity index (χ1) is 15.9. The van der Waals surface area contributed by atoms with Gasteiger partial charge >= 0.3 is 0 Å². The van der Waals surface area contributed by atoms with E-state index in [9.17, 15) is 14.7 Å². The second-order valence-electron chi connectivity index (χ2n) is 7.88. The average molecular weight is 453 g/mol. The molecular weight excluding hydrogens is 420 g/mol. The molecular formula is C26H32N2O5. The van der Waals surface area contributed by atoms with Crippen molar-refractivity contribution in [3.63, 3.8) is 0 Å². The minimum absolute atomic E-state index is 0.0845. The minimum Gasteiger partial charge on any atom is -0.507 e. The van der Waals surface area contributed by atoms with Gasteiger partial charge in [0.2, 0.25) is 0 Å². The lowest BCUT2D eigenvalue weighted by atomic mass is 9.95. The van der Waals surface area contributed by atoms with Crippen molar-refractivity contribution in [1.29, 1.82) is 0 Å². The number of aliphatic hydroxyl groups is 1. The standard InChI is InChI=1S/C26H32N2O5/c1-5-27(6-2)15-8-16-28-23(18-11-13-20(32-3)14-12-18)22(25(30)26(28)31)24(29)19-9-7-10-21(17-19)33-4/h7,9-14,17,23,29H,5-6,8,15-16H2,1-4H3/b24-22-. The lowest BCUT2D eigenvalue weighted by Gasteiger charge is -2.27. The summed E-state index contributed by atoms with van der Waals surface area (Å²) in [6, 6.07) is 13.4. The summed E-state index contributed by atoms with van der Waals surface area (Å²) in [7, 11) is 3.11. The number of likely N-dealkylation sites (tertiary alicyclic amines) is 1. The summed E-state index contributed by atoms with van der Waals surface area (Å²) in [4.78, 5) is 30.0. The number of nitrogens with zero attached hydrogens (tertiary/aromatic N) is 2.